The van der Waals surface area contributed by atoms with Gasteiger partial charge in [0.15, 0.2) is 0 Å². The second-order valence-corrected chi connectivity index (χ2v) is 5.44. The molecular formula is C15H19N5O. The van der Waals surface area contributed by atoms with Crippen molar-refractivity contribution in [3.63, 3.8) is 0 Å². The lowest BCUT2D eigenvalue weighted by Crippen LogP contribution is -2.41. The zero-order valence-corrected chi connectivity index (χ0v) is 12.4. The van der Waals surface area contributed by atoms with E-state index in [1.165, 1.54) is 0 Å². The molecule has 0 bridgehead atoms. The number of aryl methyl sites for hydroxylation is 2. The predicted molar refractivity (Wildman–Crippen MR) is 77.9 cm³/mol. The van der Waals surface area contributed by atoms with Gasteiger partial charge in [-0.05, 0) is 38.8 Å². The van der Waals surface area contributed by atoms with Crippen molar-refractivity contribution >= 4 is 5.91 Å². The fourth-order valence-corrected chi connectivity index (χ4v) is 2.89. The standard InChI is InChI=1S/C15H19N5O/c1-11-17-12(2)20(18-11)14-6-4-8-19(10-14)15(21)13-5-3-7-16-9-13/h3,5,7,9,14H,4,6,8,10H2,1-2H3. The summed E-state index contributed by atoms with van der Waals surface area (Å²) in [4.78, 5) is 22.8. The molecule has 110 valence electrons. The highest BCUT2D eigenvalue weighted by molar-refractivity contribution is 5.93. The number of aromatic nitrogens is 4. The Balaban J connectivity index is 1.77. The number of carbonyl (C=O) groups excluding carboxylic acids is 1. The molecule has 0 saturated carbocycles. The predicted octanol–water partition coefficient (Wildman–Crippen LogP) is 1.77. The van der Waals surface area contributed by atoms with Crippen LogP contribution in [-0.4, -0.2) is 43.6 Å². The molecule has 3 rings (SSSR count). The van der Waals surface area contributed by atoms with Gasteiger partial charge in [0, 0.05) is 25.5 Å². The summed E-state index contributed by atoms with van der Waals surface area (Å²) in [6.07, 6.45) is 5.31. The molecule has 21 heavy (non-hydrogen) atoms. The van der Waals surface area contributed by atoms with Crippen LogP contribution in [0.3, 0.4) is 0 Å². The molecule has 1 saturated heterocycles. The van der Waals surface area contributed by atoms with Crippen molar-refractivity contribution in [2.45, 2.75) is 32.7 Å². The first kappa shape index (κ1) is 13.7. The molecule has 1 aliphatic rings. The summed E-state index contributed by atoms with van der Waals surface area (Å²) in [6, 6.07) is 3.81. The Labute approximate surface area is 123 Å². The van der Waals surface area contributed by atoms with E-state index in [-0.39, 0.29) is 11.9 Å². The zero-order chi connectivity index (χ0) is 14.8. The van der Waals surface area contributed by atoms with Gasteiger partial charge in [-0.3, -0.25) is 9.78 Å². The van der Waals surface area contributed by atoms with Crippen molar-refractivity contribution in [1.82, 2.24) is 24.6 Å². The van der Waals surface area contributed by atoms with E-state index in [1.54, 1.807) is 18.5 Å². The van der Waals surface area contributed by atoms with Gasteiger partial charge in [0.1, 0.15) is 11.6 Å². The number of pyridine rings is 1. The maximum absolute atomic E-state index is 12.5. The number of rotatable bonds is 2. The number of nitrogens with zero attached hydrogens (tertiary/aromatic N) is 5. The van der Waals surface area contributed by atoms with E-state index in [2.05, 4.69) is 15.1 Å². The largest absolute Gasteiger partial charge is 0.336 e. The molecular weight excluding hydrogens is 266 g/mol. The third-order valence-electron chi connectivity index (χ3n) is 3.85. The van der Waals surface area contributed by atoms with Crippen LogP contribution >= 0.6 is 0 Å². The van der Waals surface area contributed by atoms with Gasteiger partial charge < -0.3 is 4.90 Å². The Bertz CT molecular complexity index is 637. The van der Waals surface area contributed by atoms with Crippen LogP contribution in [0.25, 0.3) is 0 Å². The average Bonchev–Trinajstić information content (AvgIpc) is 2.86. The molecule has 1 unspecified atom stereocenters. The molecule has 0 spiro atoms. The van der Waals surface area contributed by atoms with Crippen LogP contribution in [0.4, 0.5) is 0 Å². The van der Waals surface area contributed by atoms with E-state index in [1.807, 2.05) is 29.5 Å². The number of piperidine rings is 1. The highest BCUT2D eigenvalue weighted by Gasteiger charge is 2.27. The summed E-state index contributed by atoms with van der Waals surface area (Å²) >= 11 is 0. The van der Waals surface area contributed by atoms with Crippen molar-refractivity contribution in [2.24, 2.45) is 0 Å². The molecule has 6 nitrogen and oxygen atoms in total. The fraction of sp³-hybridized carbons (Fsp3) is 0.467. The fourth-order valence-electron chi connectivity index (χ4n) is 2.89. The van der Waals surface area contributed by atoms with Gasteiger partial charge in [0.05, 0.1) is 11.6 Å². The number of hydrogen-bond acceptors (Lipinski definition) is 4. The van der Waals surface area contributed by atoms with Crippen LogP contribution in [0.15, 0.2) is 24.5 Å². The molecule has 2 aromatic heterocycles. The molecule has 3 heterocycles. The lowest BCUT2D eigenvalue weighted by Gasteiger charge is -2.33. The normalized spacial score (nSPS) is 18.8. The molecule has 1 fully saturated rings. The second kappa shape index (κ2) is 5.63. The number of amides is 1. The van der Waals surface area contributed by atoms with E-state index in [9.17, 15) is 4.79 Å². The van der Waals surface area contributed by atoms with E-state index in [0.717, 1.165) is 31.0 Å². The molecule has 2 aromatic rings. The highest BCUT2D eigenvalue weighted by atomic mass is 16.2. The maximum atomic E-state index is 12.5. The smallest absolute Gasteiger partial charge is 0.255 e. The first-order valence-corrected chi connectivity index (χ1v) is 7.24. The first-order valence-electron chi connectivity index (χ1n) is 7.24. The van der Waals surface area contributed by atoms with Crippen LogP contribution in [0.2, 0.25) is 0 Å². The van der Waals surface area contributed by atoms with Crippen molar-refractivity contribution < 1.29 is 4.79 Å². The van der Waals surface area contributed by atoms with Crippen molar-refractivity contribution in [3.8, 4) is 0 Å². The van der Waals surface area contributed by atoms with E-state index < -0.39 is 0 Å². The Kier molecular flexibility index (Phi) is 3.68. The first-order chi connectivity index (χ1) is 10.1. The third kappa shape index (κ3) is 2.79. The number of likely N-dealkylation sites (tertiary alicyclic amines) is 1. The SMILES string of the molecule is Cc1nc(C)n(C2CCCN(C(=O)c3cccnc3)C2)n1. The molecule has 1 aliphatic heterocycles. The minimum Gasteiger partial charge on any atom is -0.336 e. The van der Waals surface area contributed by atoms with Crippen molar-refractivity contribution in [1.29, 1.82) is 0 Å². The topological polar surface area (TPSA) is 63.9 Å². The van der Waals surface area contributed by atoms with Crippen molar-refractivity contribution in [2.75, 3.05) is 13.1 Å². The van der Waals surface area contributed by atoms with Gasteiger partial charge in [0.25, 0.3) is 5.91 Å². The quantitative estimate of drug-likeness (QED) is 0.843. The summed E-state index contributed by atoms with van der Waals surface area (Å²) < 4.78 is 1.96. The Morgan fingerprint density at radius 3 is 2.90 bits per heavy atom. The molecule has 0 radical (unpaired) electrons. The number of carbonyl (C=O) groups is 1. The van der Waals surface area contributed by atoms with Crippen LogP contribution < -0.4 is 0 Å². The Hall–Kier alpha value is -2.24. The lowest BCUT2D eigenvalue weighted by atomic mass is 10.0. The summed E-state index contributed by atoms with van der Waals surface area (Å²) in [6.45, 7) is 5.32. The van der Waals surface area contributed by atoms with Crippen LogP contribution in [0.1, 0.15) is 40.9 Å². The van der Waals surface area contributed by atoms with Gasteiger partial charge in [-0.15, -0.1) is 0 Å². The molecule has 1 atom stereocenters. The Morgan fingerprint density at radius 1 is 1.38 bits per heavy atom. The average molecular weight is 285 g/mol. The van der Waals surface area contributed by atoms with Gasteiger partial charge in [0.2, 0.25) is 0 Å². The van der Waals surface area contributed by atoms with Gasteiger partial charge in [-0.1, -0.05) is 0 Å². The molecule has 1 amide bonds. The minimum absolute atomic E-state index is 0.0438. The van der Waals surface area contributed by atoms with Gasteiger partial charge in [-0.2, -0.15) is 5.10 Å². The summed E-state index contributed by atoms with van der Waals surface area (Å²) in [5, 5.41) is 4.46. The van der Waals surface area contributed by atoms with Crippen molar-refractivity contribution in [3.05, 3.63) is 41.7 Å². The molecule has 0 N–H and O–H groups in total. The molecule has 0 aromatic carbocycles. The van der Waals surface area contributed by atoms with Gasteiger partial charge in [-0.25, -0.2) is 9.67 Å². The molecule has 0 aliphatic carbocycles. The monoisotopic (exact) mass is 285 g/mol. The third-order valence-corrected chi connectivity index (χ3v) is 3.85. The number of hydrogen-bond donors (Lipinski definition) is 0. The van der Waals surface area contributed by atoms with Crippen LogP contribution in [0.5, 0.6) is 0 Å². The zero-order valence-electron chi connectivity index (χ0n) is 12.4. The summed E-state index contributed by atoms with van der Waals surface area (Å²) in [5.74, 6) is 1.73. The van der Waals surface area contributed by atoms with E-state index in [0.29, 0.717) is 12.1 Å². The minimum atomic E-state index is 0.0438. The molecule has 6 heteroatoms. The highest BCUT2D eigenvalue weighted by Crippen LogP contribution is 2.23. The summed E-state index contributed by atoms with van der Waals surface area (Å²) in [5.41, 5.74) is 0.643. The van der Waals surface area contributed by atoms with Crippen LogP contribution in [0, 0.1) is 13.8 Å². The lowest BCUT2D eigenvalue weighted by molar-refractivity contribution is 0.0671. The van der Waals surface area contributed by atoms with Gasteiger partial charge >= 0.3 is 0 Å². The maximum Gasteiger partial charge on any atom is 0.255 e. The van der Waals surface area contributed by atoms with Crippen LogP contribution in [-0.2, 0) is 0 Å². The second-order valence-electron chi connectivity index (χ2n) is 5.44. The van der Waals surface area contributed by atoms with E-state index in [4.69, 9.17) is 0 Å². The van der Waals surface area contributed by atoms with E-state index >= 15 is 0 Å². The summed E-state index contributed by atoms with van der Waals surface area (Å²) in [7, 11) is 0. The Morgan fingerprint density at radius 2 is 2.24 bits per heavy atom.